The number of nitrogens with zero attached hydrogens (tertiary/aromatic N) is 4. The topological polar surface area (TPSA) is 84.5 Å². The lowest BCUT2D eigenvalue weighted by Crippen LogP contribution is -2.13. The van der Waals surface area contributed by atoms with Crippen molar-refractivity contribution in [2.75, 3.05) is 18.5 Å². The highest BCUT2D eigenvalue weighted by molar-refractivity contribution is 5.83. The van der Waals surface area contributed by atoms with Gasteiger partial charge in [0.15, 0.2) is 17.2 Å². The average molecular weight is 427 g/mol. The number of benzene rings is 2. The Morgan fingerprint density at radius 2 is 1.97 bits per heavy atom. The molecule has 0 saturated heterocycles. The summed E-state index contributed by atoms with van der Waals surface area (Å²) in [4.78, 5) is 0. The van der Waals surface area contributed by atoms with Crippen molar-refractivity contribution < 1.29 is 13.9 Å². The van der Waals surface area contributed by atoms with Gasteiger partial charge in [0.25, 0.3) is 0 Å². The van der Waals surface area contributed by atoms with Crippen LogP contribution in [0.2, 0.25) is 0 Å². The number of aryl methyl sites for hydroxylation is 1. The van der Waals surface area contributed by atoms with Crippen molar-refractivity contribution in [2.45, 2.75) is 19.4 Å². The van der Waals surface area contributed by atoms with Crippen molar-refractivity contribution in [3.05, 3.63) is 70.8 Å². The van der Waals surface area contributed by atoms with Gasteiger partial charge in [-0.25, -0.2) is 4.39 Å². The van der Waals surface area contributed by atoms with E-state index in [4.69, 9.17) is 9.47 Å². The van der Waals surface area contributed by atoms with Crippen molar-refractivity contribution in [3.63, 3.8) is 0 Å². The molecule has 0 saturated carbocycles. The Morgan fingerprint density at radius 1 is 1.12 bits per heavy atom. The van der Waals surface area contributed by atoms with E-state index in [0.717, 1.165) is 22.3 Å². The van der Waals surface area contributed by atoms with Gasteiger partial charge >= 0.3 is 0 Å². The predicted molar refractivity (Wildman–Crippen MR) is 115 cm³/mol. The van der Waals surface area contributed by atoms with E-state index in [-0.39, 0.29) is 18.3 Å². The van der Waals surface area contributed by atoms with Crippen LogP contribution in [0.3, 0.4) is 0 Å². The number of fused-ring (bicyclic) bond motifs is 3. The lowest BCUT2D eigenvalue weighted by molar-refractivity contribution is 0.249. The van der Waals surface area contributed by atoms with Gasteiger partial charge in [0, 0.05) is 23.2 Å². The average Bonchev–Trinajstić information content (AvgIpc) is 3.45. The molecule has 2 aliphatic heterocycles. The highest BCUT2D eigenvalue weighted by Crippen LogP contribution is 2.42. The highest BCUT2D eigenvalue weighted by atomic mass is 19.1. The van der Waals surface area contributed by atoms with E-state index in [1.54, 1.807) is 18.5 Å². The summed E-state index contributed by atoms with van der Waals surface area (Å²) in [5, 5.41) is 21.0. The molecule has 0 unspecified atom stereocenters. The van der Waals surface area contributed by atoms with E-state index < -0.39 is 0 Å². The van der Waals surface area contributed by atoms with E-state index >= 15 is 0 Å². The zero-order chi connectivity index (χ0) is 21.8. The fourth-order valence-corrected chi connectivity index (χ4v) is 4.62. The largest absolute Gasteiger partial charge is 0.493 e. The molecule has 2 aromatic carbocycles. The molecule has 6 rings (SSSR count). The van der Waals surface area contributed by atoms with Gasteiger partial charge in [0.2, 0.25) is 0 Å². The molecule has 0 spiro atoms. The van der Waals surface area contributed by atoms with Crippen LogP contribution in [0, 0.1) is 24.1 Å². The van der Waals surface area contributed by atoms with Crippen LogP contribution in [0.5, 0.6) is 11.5 Å². The van der Waals surface area contributed by atoms with Crippen LogP contribution in [-0.2, 0) is 6.54 Å². The smallest absolute Gasteiger partial charge is 0.170 e. The Bertz CT molecular complexity index is 1440. The molecule has 0 amide bonds. The fraction of sp³-hybridized carbons (Fsp3) is 0.208. The van der Waals surface area contributed by atoms with Gasteiger partial charge in [-0.1, -0.05) is 6.07 Å². The van der Waals surface area contributed by atoms with Crippen LogP contribution in [0.25, 0.3) is 16.8 Å². The van der Waals surface area contributed by atoms with Gasteiger partial charge in [0.1, 0.15) is 17.9 Å². The molecular weight excluding hydrogens is 409 g/mol. The number of pyridine rings is 1. The van der Waals surface area contributed by atoms with Gasteiger partial charge in [-0.3, -0.25) is 4.40 Å². The van der Waals surface area contributed by atoms with Crippen molar-refractivity contribution in [2.24, 2.45) is 0 Å². The first-order chi connectivity index (χ1) is 15.6. The van der Waals surface area contributed by atoms with Gasteiger partial charge in [-0.2, -0.15) is 5.26 Å². The number of hydrogen-bond acceptors (Lipinski definition) is 6. The van der Waals surface area contributed by atoms with E-state index in [9.17, 15) is 9.65 Å². The molecule has 2 aliphatic rings. The number of halogens is 1. The monoisotopic (exact) mass is 427 g/mol. The van der Waals surface area contributed by atoms with Gasteiger partial charge in [-0.05, 0) is 48.4 Å². The van der Waals surface area contributed by atoms with Crippen LogP contribution < -0.4 is 14.8 Å². The summed E-state index contributed by atoms with van der Waals surface area (Å²) < 4.78 is 28.6. The molecule has 7 nitrogen and oxygen atoms in total. The van der Waals surface area contributed by atoms with Crippen LogP contribution in [0.1, 0.15) is 28.2 Å². The molecule has 4 aromatic rings. The lowest BCUT2D eigenvalue weighted by Gasteiger charge is -2.17. The molecular formula is C24H18FN5O2. The second kappa shape index (κ2) is 6.95. The normalized spacial score (nSPS) is 16.5. The van der Waals surface area contributed by atoms with Crippen LogP contribution in [-0.4, -0.2) is 27.8 Å². The van der Waals surface area contributed by atoms with Gasteiger partial charge in [-0.15, -0.1) is 10.2 Å². The number of rotatable bonds is 1. The molecule has 158 valence electrons. The first-order valence-electron chi connectivity index (χ1n) is 10.3. The molecule has 0 bridgehead atoms. The quantitative estimate of drug-likeness (QED) is 0.490. The third kappa shape index (κ3) is 2.71. The van der Waals surface area contributed by atoms with Gasteiger partial charge in [0.05, 0.1) is 30.8 Å². The molecule has 8 heteroatoms. The maximum atomic E-state index is 14.7. The lowest BCUT2D eigenvalue weighted by atomic mass is 9.96. The molecule has 0 fully saturated rings. The summed E-state index contributed by atoms with van der Waals surface area (Å²) in [6, 6.07) is 12.8. The maximum absolute atomic E-state index is 14.7. The summed E-state index contributed by atoms with van der Waals surface area (Å²) in [5.41, 5.74) is 5.44. The van der Waals surface area contributed by atoms with E-state index in [1.807, 2.05) is 29.5 Å². The second-order valence-corrected chi connectivity index (χ2v) is 8.05. The second-order valence-electron chi connectivity index (χ2n) is 8.05. The van der Waals surface area contributed by atoms with Crippen LogP contribution in [0.4, 0.5) is 10.2 Å². The minimum Gasteiger partial charge on any atom is -0.493 e. The van der Waals surface area contributed by atoms with E-state index in [1.165, 1.54) is 6.07 Å². The van der Waals surface area contributed by atoms with Crippen LogP contribution >= 0.6 is 0 Å². The standard InChI is InChI=1S/C24H18FN5O2/c1-13-6-14(8-26)2-3-16(13)17-7-21-24(30-12-28-29-23(17)30)27-9-18-19(25)4-5-20-22(18)15(10-31-20)11-32-21/h2-7,12,15,27H,9-11H2,1H3/t15-/m0/s1. The zero-order valence-corrected chi connectivity index (χ0v) is 17.2. The zero-order valence-electron chi connectivity index (χ0n) is 17.2. The Balaban J connectivity index is 1.52. The van der Waals surface area contributed by atoms with Crippen molar-refractivity contribution in [1.29, 1.82) is 5.26 Å². The first kappa shape index (κ1) is 18.6. The summed E-state index contributed by atoms with van der Waals surface area (Å²) in [7, 11) is 0. The molecule has 4 heterocycles. The molecule has 0 aliphatic carbocycles. The summed E-state index contributed by atoms with van der Waals surface area (Å²) in [6.45, 7) is 3.06. The van der Waals surface area contributed by atoms with Gasteiger partial charge < -0.3 is 14.8 Å². The fourth-order valence-electron chi connectivity index (χ4n) is 4.62. The number of nitriles is 1. The Hall–Kier alpha value is -4.12. The number of anilines is 1. The third-order valence-electron chi connectivity index (χ3n) is 6.16. The number of hydrogen-bond donors (Lipinski definition) is 1. The molecule has 2 aromatic heterocycles. The summed E-state index contributed by atoms with van der Waals surface area (Å²) >= 11 is 0. The van der Waals surface area contributed by atoms with Crippen molar-refractivity contribution in [1.82, 2.24) is 14.6 Å². The van der Waals surface area contributed by atoms with Crippen LogP contribution in [0.15, 0.2) is 42.7 Å². The number of ether oxygens (including phenoxy) is 2. The predicted octanol–water partition coefficient (Wildman–Crippen LogP) is 4.20. The third-order valence-corrected chi connectivity index (χ3v) is 6.16. The minimum atomic E-state index is -0.264. The SMILES string of the molecule is Cc1cc(C#N)ccc1-c1cc2c(n3cnnc13)NCc1c(F)ccc3c1[C@@H](CO3)CO2. The molecule has 1 atom stereocenters. The van der Waals surface area contributed by atoms with Crippen molar-refractivity contribution in [3.8, 4) is 28.7 Å². The van der Waals surface area contributed by atoms with E-state index in [2.05, 4.69) is 21.6 Å². The molecule has 1 N–H and O–H groups in total. The van der Waals surface area contributed by atoms with E-state index in [0.29, 0.717) is 47.3 Å². The summed E-state index contributed by atoms with van der Waals surface area (Å²) in [5.74, 6) is 1.68. The maximum Gasteiger partial charge on any atom is 0.170 e. The number of aromatic nitrogens is 3. The number of nitrogens with one attached hydrogen (secondary N) is 1. The Morgan fingerprint density at radius 3 is 2.78 bits per heavy atom. The molecule has 32 heavy (non-hydrogen) atoms. The molecule has 0 radical (unpaired) electrons. The first-order valence-corrected chi connectivity index (χ1v) is 10.3. The minimum absolute atomic E-state index is 0.0554. The van der Waals surface area contributed by atoms with Crippen molar-refractivity contribution >= 4 is 11.5 Å². The summed E-state index contributed by atoms with van der Waals surface area (Å²) in [6.07, 6.45) is 1.62. The Labute approximate surface area is 183 Å². The highest BCUT2D eigenvalue weighted by Gasteiger charge is 2.31. The Kier molecular flexibility index (Phi) is 4.05.